The van der Waals surface area contributed by atoms with Gasteiger partial charge in [0.15, 0.2) is 6.61 Å². The first kappa shape index (κ1) is 18.8. The standard InChI is InChI=1S/C19H24N2O4/c1-13(2)10-24-16-8-4-14(5-9-16)18(23)25-11-17(22)21-19(3,12-20)15-6-7-15/h4-5,8-9,13,15H,6-7,10-11H2,1-3H3,(H,21,22)/t19-/m1/s1. The van der Waals surface area contributed by atoms with Crippen LogP contribution in [0, 0.1) is 23.2 Å². The molecule has 1 N–H and O–H groups in total. The molecule has 0 unspecified atom stereocenters. The number of nitrogens with zero attached hydrogens (tertiary/aromatic N) is 1. The fourth-order valence-electron chi connectivity index (χ4n) is 2.37. The Labute approximate surface area is 148 Å². The van der Waals surface area contributed by atoms with Gasteiger partial charge < -0.3 is 14.8 Å². The Kier molecular flexibility index (Phi) is 6.02. The predicted molar refractivity (Wildman–Crippen MR) is 91.9 cm³/mol. The van der Waals surface area contributed by atoms with Crippen molar-refractivity contribution in [1.82, 2.24) is 5.32 Å². The van der Waals surface area contributed by atoms with Gasteiger partial charge >= 0.3 is 5.97 Å². The molecule has 1 aromatic carbocycles. The van der Waals surface area contributed by atoms with Crippen LogP contribution in [0.1, 0.15) is 44.0 Å². The summed E-state index contributed by atoms with van der Waals surface area (Å²) in [5.41, 5.74) is -0.547. The molecule has 2 rings (SSSR count). The van der Waals surface area contributed by atoms with Gasteiger partial charge in [-0.25, -0.2) is 4.79 Å². The van der Waals surface area contributed by atoms with E-state index in [0.29, 0.717) is 23.8 Å². The van der Waals surface area contributed by atoms with Crippen molar-refractivity contribution in [3.8, 4) is 11.8 Å². The third-order valence-corrected chi connectivity index (χ3v) is 4.03. The van der Waals surface area contributed by atoms with Gasteiger partial charge in [-0.3, -0.25) is 4.79 Å². The summed E-state index contributed by atoms with van der Waals surface area (Å²) in [7, 11) is 0. The van der Waals surface area contributed by atoms with Crippen molar-refractivity contribution >= 4 is 11.9 Å². The number of rotatable bonds is 8. The zero-order valence-electron chi connectivity index (χ0n) is 14.9. The van der Waals surface area contributed by atoms with Crippen LogP contribution in [-0.4, -0.2) is 30.6 Å². The third kappa shape index (κ3) is 5.49. The highest BCUT2D eigenvalue weighted by Gasteiger charge is 2.43. The van der Waals surface area contributed by atoms with Crippen molar-refractivity contribution < 1.29 is 19.1 Å². The number of ether oxygens (including phenoxy) is 2. The smallest absolute Gasteiger partial charge is 0.338 e. The van der Waals surface area contributed by atoms with E-state index in [9.17, 15) is 14.9 Å². The summed E-state index contributed by atoms with van der Waals surface area (Å²) in [6.45, 7) is 5.99. The Hall–Kier alpha value is -2.55. The van der Waals surface area contributed by atoms with Crippen LogP contribution in [0.25, 0.3) is 0 Å². The number of amides is 1. The Bertz CT molecular complexity index is 659. The molecule has 0 aliphatic heterocycles. The van der Waals surface area contributed by atoms with Crippen LogP contribution in [0.5, 0.6) is 5.75 Å². The average Bonchev–Trinajstić information content (AvgIpc) is 3.43. The van der Waals surface area contributed by atoms with E-state index in [4.69, 9.17) is 9.47 Å². The van der Waals surface area contributed by atoms with Gasteiger partial charge in [0.1, 0.15) is 11.3 Å². The molecule has 6 heteroatoms. The number of nitriles is 1. The summed E-state index contributed by atoms with van der Waals surface area (Å²) in [4.78, 5) is 23.9. The fraction of sp³-hybridized carbons (Fsp3) is 0.526. The van der Waals surface area contributed by atoms with Gasteiger partial charge in [-0.15, -0.1) is 0 Å². The molecule has 6 nitrogen and oxygen atoms in total. The molecule has 134 valence electrons. The second-order valence-electron chi connectivity index (χ2n) is 6.94. The maximum atomic E-state index is 12.0. The Morgan fingerprint density at radius 1 is 1.32 bits per heavy atom. The monoisotopic (exact) mass is 344 g/mol. The molecule has 1 fully saturated rings. The van der Waals surface area contributed by atoms with Crippen LogP contribution in [0.2, 0.25) is 0 Å². The molecule has 0 spiro atoms. The highest BCUT2D eigenvalue weighted by atomic mass is 16.5. The molecule has 0 bridgehead atoms. The number of hydrogen-bond donors (Lipinski definition) is 1. The van der Waals surface area contributed by atoms with Gasteiger partial charge in [0.2, 0.25) is 0 Å². The highest BCUT2D eigenvalue weighted by Crippen LogP contribution is 2.39. The van der Waals surface area contributed by atoms with Crippen LogP contribution in [0.15, 0.2) is 24.3 Å². The molecule has 1 aromatic rings. The van der Waals surface area contributed by atoms with E-state index < -0.39 is 24.0 Å². The van der Waals surface area contributed by atoms with Crippen LogP contribution >= 0.6 is 0 Å². The van der Waals surface area contributed by atoms with Crippen molar-refractivity contribution in [3.05, 3.63) is 29.8 Å². The second-order valence-corrected chi connectivity index (χ2v) is 6.94. The maximum absolute atomic E-state index is 12.0. The van der Waals surface area contributed by atoms with Crippen molar-refractivity contribution in [1.29, 1.82) is 5.26 Å². The van der Waals surface area contributed by atoms with Crippen molar-refractivity contribution in [2.45, 2.75) is 39.2 Å². The van der Waals surface area contributed by atoms with Crippen molar-refractivity contribution in [2.24, 2.45) is 11.8 Å². The first-order valence-corrected chi connectivity index (χ1v) is 8.46. The van der Waals surface area contributed by atoms with Crippen molar-refractivity contribution in [3.63, 3.8) is 0 Å². The minimum atomic E-state index is -0.890. The van der Waals surface area contributed by atoms with E-state index in [1.807, 2.05) is 0 Å². The van der Waals surface area contributed by atoms with E-state index in [1.54, 1.807) is 31.2 Å². The number of benzene rings is 1. The van der Waals surface area contributed by atoms with Gasteiger partial charge in [0.05, 0.1) is 18.2 Å². The average molecular weight is 344 g/mol. The quantitative estimate of drug-likeness (QED) is 0.733. The summed E-state index contributed by atoms with van der Waals surface area (Å²) in [6, 6.07) is 8.71. The molecule has 1 saturated carbocycles. The SMILES string of the molecule is CC(C)COc1ccc(C(=O)OCC(=O)N[C@](C)(C#N)C2CC2)cc1. The van der Waals surface area contributed by atoms with Crippen LogP contribution in [-0.2, 0) is 9.53 Å². The van der Waals surface area contributed by atoms with Gasteiger partial charge in [0.25, 0.3) is 5.91 Å². The molecule has 1 amide bonds. The first-order valence-electron chi connectivity index (χ1n) is 8.46. The normalized spacial score (nSPS) is 15.8. The minimum Gasteiger partial charge on any atom is -0.493 e. The van der Waals surface area contributed by atoms with Crippen molar-refractivity contribution in [2.75, 3.05) is 13.2 Å². The van der Waals surface area contributed by atoms with Crippen LogP contribution < -0.4 is 10.1 Å². The van der Waals surface area contributed by atoms with E-state index in [0.717, 1.165) is 12.8 Å². The molecule has 0 radical (unpaired) electrons. The van der Waals surface area contributed by atoms with Gasteiger partial charge in [0, 0.05) is 0 Å². The molecule has 1 aliphatic rings. The zero-order valence-corrected chi connectivity index (χ0v) is 14.9. The summed E-state index contributed by atoms with van der Waals surface area (Å²) < 4.78 is 10.6. The van der Waals surface area contributed by atoms with E-state index in [2.05, 4.69) is 25.2 Å². The molecule has 25 heavy (non-hydrogen) atoms. The number of hydrogen-bond acceptors (Lipinski definition) is 5. The Morgan fingerprint density at radius 2 is 1.96 bits per heavy atom. The lowest BCUT2D eigenvalue weighted by Gasteiger charge is -2.22. The number of esters is 1. The zero-order chi connectivity index (χ0) is 18.4. The largest absolute Gasteiger partial charge is 0.493 e. The summed E-state index contributed by atoms with van der Waals surface area (Å²) in [5, 5.41) is 11.9. The lowest BCUT2D eigenvalue weighted by atomic mass is 9.98. The molecule has 0 heterocycles. The predicted octanol–water partition coefficient (Wildman–Crippen LogP) is 2.69. The lowest BCUT2D eigenvalue weighted by Crippen LogP contribution is -2.48. The first-order chi connectivity index (χ1) is 11.8. The molecular formula is C19H24N2O4. The Balaban J connectivity index is 1.81. The lowest BCUT2D eigenvalue weighted by molar-refractivity contribution is -0.125. The number of nitrogens with one attached hydrogen (secondary N) is 1. The number of carbonyl (C=O) groups is 2. The molecule has 1 atom stereocenters. The maximum Gasteiger partial charge on any atom is 0.338 e. The fourth-order valence-corrected chi connectivity index (χ4v) is 2.37. The van der Waals surface area contributed by atoms with E-state index in [-0.39, 0.29) is 5.92 Å². The second kappa shape index (κ2) is 8.02. The van der Waals surface area contributed by atoms with E-state index in [1.165, 1.54) is 0 Å². The summed E-state index contributed by atoms with van der Waals surface area (Å²) in [6.07, 6.45) is 1.85. The van der Waals surface area contributed by atoms with Gasteiger partial charge in [-0.1, -0.05) is 13.8 Å². The third-order valence-electron chi connectivity index (χ3n) is 4.03. The van der Waals surface area contributed by atoms with Crippen LogP contribution in [0.3, 0.4) is 0 Å². The highest BCUT2D eigenvalue weighted by molar-refractivity contribution is 5.91. The van der Waals surface area contributed by atoms with Gasteiger partial charge in [-0.2, -0.15) is 5.26 Å². The summed E-state index contributed by atoms with van der Waals surface area (Å²) >= 11 is 0. The molecule has 0 saturated heterocycles. The topological polar surface area (TPSA) is 88.4 Å². The van der Waals surface area contributed by atoms with Crippen LogP contribution in [0.4, 0.5) is 0 Å². The molecule has 0 aromatic heterocycles. The minimum absolute atomic E-state index is 0.176. The Morgan fingerprint density at radius 3 is 2.48 bits per heavy atom. The van der Waals surface area contributed by atoms with E-state index >= 15 is 0 Å². The summed E-state index contributed by atoms with van der Waals surface area (Å²) in [5.74, 6) is 0.211. The molecule has 1 aliphatic carbocycles. The number of carbonyl (C=O) groups excluding carboxylic acids is 2. The molecular weight excluding hydrogens is 320 g/mol. The van der Waals surface area contributed by atoms with Gasteiger partial charge in [-0.05, 0) is 55.9 Å².